The molecule has 0 aromatic rings. The fourth-order valence-corrected chi connectivity index (χ4v) is 5.52. The number of carbonyl (C=O) groups is 2. The summed E-state index contributed by atoms with van der Waals surface area (Å²) in [5.41, 5.74) is 0. The molecule has 10 heteroatoms. The molecule has 9 nitrogen and oxygen atoms in total. The van der Waals surface area contributed by atoms with Crippen LogP contribution in [0, 0.1) is 5.92 Å². The third kappa shape index (κ3) is 37.2. The molecule has 0 rings (SSSR count). The van der Waals surface area contributed by atoms with Crippen LogP contribution in [0.25, 0.3) is 0 Å². The number of esters is 2. The fourth-order valence-electron chi connectivity index (χ4n) is 5.16. The maximum Gasteiger partial charge on any atom is 0.469 e. The SMILES string of the molecule is CCCCC/C=C\C/C=C\CC(O)/C=C\C=C\CCCC(=O)O[C@H](COC(=O)CCCCCCCCCCCCCC(C)C)COP(=O)(O)O. The van der Waals surface area contributed by atoms with Crippen LogP contribution in [0.1, 0.15) is 162 Å². The lowest BCUT2D eigenvalue weighted by Gasteiger charge is -2.18. The van der Waals surface area contributed by atoms with Crippen LogP contribution < -0.4 is 0 Å². The van der Waals surface area contributed by atoms with Gasteiger partial charge in [0.05, 0.1) is 12.7 Å². The highest BCUT2D eigenvalue weighted by molar-refractivity contribution is 7.46. The van der Waals surface area contributed by atoms with E-state index in [4.69, 9.17) is 19.3 Å². The van der Waals surface area contributed by atoms with Gasteiger partial charge >= 0.3 is 19.8 Å². The normalized spacial score (nSPS) is 13.7. The summed E-state index contributed by atoms with van der Waals surface area (Å²) in [5, 5.41) is 10.1. The Balaban J connectivity index is 4.16. The Morgan fingerprint density at radius 1 is 0.680 bits per heavy atom. The molecule has 0 spiro atoms. The molecule has 0 aliphatic heterocycles. The lowest BCUT2D eigenvalue weighted by atomic mass is 10.0. The largest absolute Gasteiger partial charge is 0.469 e. The molecule has 0 aromatic heterocycles. The van der Waals surface area contributed by atoms with E-state index >= 15 is 0 Å². The highest BCUT2D eigenvalue weighted by Gasteiger charge is 2.22. The first-order valence-electron chi connectivity index (χ1n) is 19.4. The second-order valence-electron chi connectivity index (χ2n) is 13.6. The van der Waals surface area contributed by atoms with Crippen molar-refractivity contribution in [2.45, 2.75) is 174 Å². The molecular formula is C40H71O9P. The molecule has 0 radical (unpaired) electrons. The molecule has 0 aliphatic carbocycles. The van der Waals surface area contributed by atoms with Crippen LogP contribution in [0.2, 0.25) is 0 Å². The highest BCUT2D eigenvalue weighted by atomic mass is 31.2. The van der Waals surface area contributed by atoms with Gasteiger partial charge in [0, 0.05) is 12.8 Å². The van der Waals surface area contributed by atoms with Crippen molar-refractivity contribution in [3.05, 3.63) is 48.6 Å². The minimum absolute atomic E-state index is 0.0766. The molecule has 0 amide bonds. The fraction of sp³-hybridized carbons (Fsp3) is 0.750. The number of rotatable bonds is 34. The van der Waals surface area contributed by atoms with E-state index in [2.05, 4.69) is 43.5 Å². The number of ether oxygens (including phenoxy) is 2. The monoisotopic (exact) mass is 726 g/mol. The summed E-state index contributed by atoms with van der Waals surface area (Å²) in [5.74, 6) is -0.215. The van der Waals surface area contributed by atoms with Crippen LogP contribution in [0.4, 0.5) is 0 Å². The number of unbranched alkanes of at least 4 members (excludes halogenated alkanes) is 14. The average Bonchev–Trinajstić information content (AvgIpc) is 3.06. The van der Waals surface area contributed by atoms with Gasteiger partial charge in [-0.25, -0.2) is 4.57 Å². The van der Waals surface area contributed by atoms with Crippen molar-refractivity contribution in [1.29, 1.82) is 0 Å². The molecule has 1 unspecified atom stereocenters. The van der Waals surface area contributed by atoms with Crippen LogP contribution in [-0.2, 0) is 28.2 Å². The van der Waals surface area contributed by atoms with Gasteiger partial charge in [-0.1, -0.05) is 153 Å². The number of phosphoric acid groups is 1. The van der Waals surface area contributed by atoms with Gasteiger partial charge in [-0.05, 0) is 50.9 Å². The van der Waals surface area contributed by atoms with Gasteiger partial charge in [-0.15, -0.1) is 0 Å². The minimum Gasteiger partial charge on any atom is -0.462 e. The molecule has 0 saturated carbocycles. The van der Waals surface area contributed by atoms with Gasteiger partial charge in [0.1, 0.15) is 6.61 Å². The maximum atomic E-state index is 12.4. The third-order valence-corrected chi connectivity index (χ3v) is 8.59. The number of allylic oxidation sites excluding steroid dienone is 6. The van der Waals surface area contributed by atoms with E-state index in [0.29, 0.717) is 25.7 Å². The van der Waals surface area contributed by atoms with E-state index in [1.807, 2.05) is 18.2 Å². The zero-order valence-electron chi connectivity index (χ0n) is 31.6. The molecule has 0 saturated heterocycles. The predicted octanol–water partition coefficient (Wildman–Crippen LogP) is 10.4. The quantitative estimate of drug-likeness (QED) is 0.0194. The van der Waals surface area contributed by atoms with Crippen molar-refractivity contribution in [2.75, 3.05) is 13.2 Å². The van der Waals surface area contributed by atoms with E-state index in [-0.39, 0.29) is 19.4 Å². The molecule has 0 fully saturated rings. The van der Waals surface area contributed by atoms with Crippen LogP contribution in [-0.4, -0.2) is 52.3 Å². The summed E-state index contributed by atoms with van der Waals surface area (Å²) >= 11 is 0. The van der Waals surface area contributed by atoms with E-state index in [0.717, 1.165) is 38.0 Å². The average molecular weight is 727 g/mol. The van der Waals surface area contributed by atoms with Crippen molar-refractivity contribution >= 4 is 19.8 Å². The zero-order valence-corrected chi connectivity index (χ0v) is 32.5. The van der Waals surface area contributed by atoms with Crippen LogP contribution in [0.15, 0.2) is 48.6 Å². The van der Waals surface area contributed by atoms with Gasteiger partial charge in [-0.3, -0.25) is 14.1 Å². The zero-order chi connectivity index (χ0) is 37.1. The lowest BCUT2D eigenvalue weighted by molar-refractivity contribution is -0.161. The van der Waals surface area contributed by atoms with Crippen molar-refractivity contribution in [3.63, 3.8) is 0 Å². The summed E-state index contributed by atoms with van der Waals surface area (Å²) in [6.07, 6.45) is 35.8. The second kappa shape index (κ2) is 34.1. The number of aliphatic hydroxyl groups excluding tert-OH is 1. The Morgan fingerprint density at radius 2 is 1.28 bits per heavy atom. The molecule has 2 atom stereocenters. The Morgan fingerprint density at radius 3 is 1.92 bits per heavy atom. The number of aliphatic hydroxyl groups is 1. The third-order valence-electron chi connectivity index (χ3n) is 8.11. The Kier molecular flexibility index (Phi) is 32.7. The summed E-state index contributed by atoms with van der Waals surface area (Å²) in [6.45, 7) is 5.84. The number of hydrogen-bond donors (Lipinski definition) is 3. The number of phosphoric ester groups is 1. The molecule has 290 valence electrons. The van der Waals surface area contributed by atoms with E-state index in [9.17, 15) is 19.3 Å². The minimum atomic E-state index is -4.79. The summed E-state index contributed by atoms with van der Waals surface area (Å²) in [4.78, 5) is 42.7. The van der Waals surface area contributed by atoms with E-state index in [1.54, 1.807) is 12.2 Å². The smallest absolute Gasteiger partial charge is 0.462 e. The van der Waals surface area contributed by atoms with Crippen LogP contribution in [0.5, 0.6) is 0 Å². The van der Waals surface area contributed by atoms with Gasteiger partial charge in [0.15, 0.2) is 6.10 Å². The summed E-state index contributed by atoms with van der Waals surface area (Å²) in [6, 6.07) is 0. The first-order valence-corrected chi connectivity index (χ1v) is 20.9. The molecule has 50 heavy (non-hydrogen) atoms. The second-order valence-corrected chi connectivity index (χ2v) is 14.8. The Bertz CT molecular complexity index is 983. The van der Waals surface area contributed by atoms with Gasteiger partial charge < -0.3 is 24.4 Å². The van der Waals surface area contributed by atoms with Crippen LogP contribution >= 0.6 is 7.82 Å². The summed E-state index contributed by atoms with van der Waals surface area (Å²) < 4.78 is 26.2. The maximum absolute atomic E-state index is 12.4. The Labute approximate surface area is 304 Å². The van der Waals surface area contributed by atoms with Crippen molar-refractivity contribution in [2.24, 2.45) is 5.92 Å². The van der Waals surface area contributed by atoms with E-state index in [1.165, 1.54) is 70.6 Å². The molecule has 0 bridgehead atoms. The first-order chi connectivity index (χ1) is 24.0. The molecule has 0 aliphatic rings. The van der Waals surface area contributed by atoms with Crippen LogP contribution in [0.3, 0.4) is 0 Å². The molecule has 0 aromatic carbocycles. The lowest BCUT2D eigenvalue weighted by Crippen LogP contribution is -2.29. The Hall–Kier alpha value is -2.03. The van der Waals surface area contributed by atoms with Crippen molar-refractivity contribution < 1.29 is 43.0 Å². The molecular weight excluding hydrogens is 655 g/mol. The topological polar surface area (TPSA) is 140 Å². The molecule has 3 N–H and O–H groups in total. The van der Waals surface area contributed by atoms with E-state index < -0.39 is 38.6 Å². The van der Waals surface area contributed by atoms with Gasteiger partial charge in [0.25, 0.3) is 0 Å². The highest BCUT2D eigenvalue weighted by Crippen LogP contribution is 2.36. The number of carbonyl (C=O) groups excluding carboxylic acids is 2. The van der Waals surface area contributed by atoms with Crippen molar-refractivity contribution in [3.8, 4) is 0 Å². The number of hydrogen-bond acceptors (Lipinski definition) is 7. The van der Waals surface area contributed by atoms with Gasteiger partial charge in [-0.2, -0.15) is 0 Å². The standard InChI is InChI=1S/C40H71O9P/c1-4-5-6-7-8-12-16-20-25-30-37(41)31-26-21-18-23-28-33-40(43)49-38(35-48-50(44,45)46)34-47-39(42)32-27-22-17-14-11-9-10-13-15-19-24-29-36(2)3/h8,12,18,20-21,25-26,31,36-38,41H,4-7,9-11,13-17,19,22-24,27-30,32-35H2,1-3H3,(H2,44,45,46)/b12-8-,21-18+,25-20-,31-26-/t37?,38-/m1/s1. The van der Waals surface area contributed by atoms with Gasteiger partial charge in [0.2, 0.25) is 0 Å². The molecule has 0 heterocycles. The predicted molar refractivity (Wildman–Crippen MR) is 203 cm³/mol. The first kappa shape index (κ1) is 48.0. The summed E-state index contributed by atoms with van der Waals surface area (Å²) in [7, 11) is -4.79. The van der Waals surface area contributed by atoms with Crippen molar-refractivity contribution in [1.82, 2.24) is 0 Å².